The molecule has 0 aliphatic carbocycles. The molecule has 2 aromatic rings. The van der Waals surface area contributed by atoms with Crippen molar-refractivity contribution in [2.75, 3.05) is 17.8 Å². The van der Waals surface area contributed by atoms with Crippen molar-refractivity contribution in [3.05, 3.63) is 36.4 Å². The van der Waals surface area contributed by atoms with Crippen molar-refractivity contribution in [2.45, 2.75) is 13.0 Å². The van der Waals surface area contributed by atoms with Gasteiger partial charge in [-0.15, -0.1) is 11.6 Å². The average molecular weight is 235 g/mol. The Balaban J connectivity index is 2.39. The van der Waals surface area contributed by atoms with Crippen LogP contribution in [0.3, 0.4) is 0 Å². The number of hydrogen-bond donors (Lipinski definition) is 0. The molecule has 2 nitrogen and oxygen atoms in total. The average Bonchev–Trinajstić information content (AvgIpc) is 2.36. The fourth-order valence-electron chi connectivity index (χ4n) is 1.58. The van der Waals surface area contributed by atoms with Crippen molar-refractivity contribution in [1.82, 2.24) is 4.98 Å². The van der Waals surface area contributed by atoms with Crippen molar-refractivity contribution in [1.29, 1.82) is 0 Å². The van der Waals surface area contributed by atoms with Gasteiger partial charge in [0.1, 0.15) is 5.82 Å². The number of anilines is 1. The van der Waals surface area contributed by atoms with Gasteiger partial charge in [0.2, 0.25) is 0 Å². The number of aromatic nitrogens is 1. The Kier molecular flexibility index (Phi) is 3.30. The van der Waals surface area contributed by atoms with Gasteiger partial charge in [-0.25, -0.2) is 4.98 Å². The van der Waals surface area contributed by atoms with Crippen LogP contribution >= 0.6 is 11.6 Å². The first kappa shape index (κ1) is 11.2. The fourth-order valence-corrected chi connectivity index (χ4v) is 1.79. The SMILES string of the molecule is CC(CCl)N(C)c1ccc2ccccc2n1. The molecule has 0 spiro atoms. The Hall–Kier alpha value is -1.28. The third-order valence-corrected chi connectivity index (χ3v) is 3.28. The van der Waals surface area contributed by atoms with Gasteiger partial charge in [-0.1, -0.05) is 18.2 Å². The van der Waals surface area contributed by atoms with Crippen molar-refractivity contribution in [2.24, 2.45) is 0 Å². The van der Waals surface area contributed by atoms with Gasteiger partial charge in [-0.05, 0) is 25.1 Å². The topological polar surface area (TPSA) is 16.1 Å². The fraction of sp³-hybridized carbons (Fsp3) is 0.308. The number of pyridine rings is 1. The Morgan fingerprint density at radius 3 is 2.75 bits per heavy atom. The molecule has 1 atom stereocenters. The van der Waals surface area contributed by atoms with E-state index in [0.29, 0.717) is 5.88 Å². The summed E-state index contributed by atoms with van der Waals surface area (Å²) in [6.45, 7) is 2.09. The van der Waals surface area contributed by atoms with Crippen LogP contribution in [0.5, 0.6) is 0 Å². The highest BCUT2D eigenvalue weighted by molar-refractivity contribution is 6.18. The molecular weight excluding hydrogens is 220 g/mol. The Labute approximate surface area is 101 Å². The molecule has 3 heteroatoms. The molecule has 0 saturated carbocycles. The smallest absolute Gasteiger partial charge is 0.129 e. The maximum Gasteiger partial charge on any atom is 0.129 e. The molecule has 1 aromatic heterocycles. The molecule has 1 heterocycles. The van der Waals surface area contributed by atoms with E-state index < -0.39 is 0 Å². The highest BCUT2D eigenvalue weighted by atomic mass is 35.5. The molecular formula is C13H15ClN2. The molecule has 0 fully saturated rings. The van der Waals surface area contributed by atoms with Crippen molar-refractivity contribution < 1.29 is 0 Å². The molecule has 2 rings (SSSR count). The summed E-state index contributed by atoms with van der Waals surface area (Å²) in [7, 11) is 2.02. The second-order valence-corrected chi connectivity index (χ2v) is 4.28. The van der Waals surface area contributed by atoms with E-state index >= 15 is 0 Å². The lowest BCUT2D eigenvalue weighted by atomic mass is 10.2. The molecule has 84 valence electrons. The summed E-state index contributed by atoms with van der Waals surface area (Å²) in [4.78, 5) is 6.71. The summed E-state index contributed by atoms with van der Waals surface area (Å²) in [5.74, 6) is 1.57. The summed E-state index contributed by atoms with van der Waals surface area (Å²) in [6.07, 6.45) is 0. The van der Waals surface area contributed by atoms with Gasteiger partial charge in [0.15, 0.2) is 0 Å². The van der Waals surface area contributed by atoms with E-state index in [1.165, 1.54) is 0 Å². The van der Waals surface area contributed by atoms with Crippen LogP contribution in [0.15, 0.2) is 36.4 Å². The van der Waals surface area contributed by atoms with Gasteiger partial charge in [0, 0.05) is 24.4 Å². The molecule has 0 amide bonds. The molecule has 1 aromatic carbocycles. The van der Waals surface area contributed by atoms with E-state index in [0.717, 1.165) is 16.7 Å². The van der Waals surface area contributed by atoms with E-state index in [1.807, 2.05) is 31.3 Å². The molecule has 0 aliphatic heterocycles. The van der Waals surface area contributed by atoms with Crippen LogP contribution in [0, 0.1) is 0 Å². The summed E-state index contributed by atoms with van der Waals surface area (Å²) in [5.41, 5.74) is 1.02. The minimum Gasteiger partial charge on any atom is -0.356 e. The maximum atomic E-state index is 5.85. The molecule has 1 unspecified atom stereocenters. The lowest BCUT2D eigenvalue weighted by molar-refractivity contribution is 0.751. The second-order valence-electron chi connectivity index (χ2n) is 3.98. The quantitative estimate of drug-likeness (QED) is 0.758. The van der Waals surface area contributed by atoms with Crippen LogP contribution in [0.2, 0.25) is 0 Å². The predicted molar refractivity (Wildman–Crippen MR) is 70.3 cm³/mol. The number of rotatable bonds is 3. The van der Waals surface area contributed by atoms with Crippen LogP contribution < -0.4 is 4.90 Å². The first-order chi connectivity index (χ1) is 7.72. The second kappa shape index (κ2) is 4.71. The van der Waals surface area contributed by atoms with Crippen molar-refractivity contribution in [3.63, 3.8) is 0 Å². The third-order valence-electron chi connectivity index (χ3n) is 2.83. The monoisotopic (exact) mass is 234 g/mol. The lowest BCUT2D eigenvalue weighted by Gasteiger charge is -2.24. The Morgan fingerprint density at radius 2 is 2.00 bits per heavy atom. The largest absolute Gasteiger partial charge is 0.356 e. The lowest BCUT2D eigenvalue weighted by Crippen LogP contribution is -2.30. The van der Waals surface area contributed by atoms with E-state index in [9.17, 15) is 0 Å². The normalized spacial score (nSPS) is 12.7. The zero-order valence-electron chi connectivity index (χ0n) is 9.52. The van der Waals surface area contributed by atoms with E-state index in [1.54, 1.807) is 0 Å². The van der Waals surface area contributed by atoms with Gasteiger partial charge in [-0.2, -0.15) is 0 Å². The number of para-hydroxylation sites is 1. The molecule has 0 N–H and O–H groups in total. The maximum absolute atomic E-state index is 5.85. The van der Waals surface area contributed by atoms with Gasteiger partial charge in [0.05, 0.1) is 5.52 Å². The summed E-state index contributed by atoms with van der Waals surface area (Å²) >= 11 is 5.85. The third kappa shape index (κ3) is 2.12. The van der Waals surface area contributed by atoms with Crippen LogP contribution in [0.1, 0.15) is 6.92 Å². The summed E-state index contributed by atoms with van der Waals surface area (Å²) < 4.78 is 0. The zero-order chi connectivity index (χ0) is 11.5. The number of halogens is 1. The van der Waals surface area contributed by atoms with Crippen LogP contribution in [0.4, 0.5) is 5.82 Å². The van der Waals surface area contributed by atoms with Crippen LogP contribution in [-0.4, -0.2) is 24.0 Å². The number of nitrogens with zero attached hydrogens (tertiary/aromatic N) is 2. The molecule has 0 aliphatic rings. The van der Waals surface area contributed by atoms with E-state index in [-0.39, 0.29) is 6.04 Å². The minimum atomic E-state index is 0.287. The summed E-state index contributed by atoms with van der Waals surface area (Å²) in [6, 6.07) is 12.5. The molecule has 0 radical (unpaired) electrons. The molecule has 0 saturated heterocycles. The highest BCUT2D eigenvalue weighted by Gasteiger charge is 2.09. The van der Waals surface area contributed by atoms with E-state index in [2.05, 4.69) is 28.9 Å². The van der Waals surface area contributed by atoms with Crippen molar-refractivity contribution in [3.8, 4) is 0 Å². The van der Waals surface area contributed by atoms with Crippen LogP contribution in [-0.2, 0) is 0 Å². The first-order valence-corrected chi connectivity index (χ1v) is 5.90. The minimum absolute atomic E-state index is 0.287. The Bertz CT molecular complexity index is 484. The first-order valence-electron chi connectivity index (χ1n) is 5.37. The van der Waals surface area contributed by atoms with E-state index in [4.69, 9.17) is 11.6 Å². The van der Waals surface area contributed by atoms with Gasteiger partial charge >= 0.3 is 0 Å². The summed E-state index contributed by atoms with van der Waals surface area (Å²) in [5, 5.41) is 1.16. The standard InChI is InChI=1S/C13H15ClN2/c1-10(9-14)16(2)13-8-7-11-5-3-4-6-12(11)15-13/h3-8,10H,9H2,1-2H3. The number of hydrogen-bond acceptors (Lipinski definition) is 2. The zero-order valence-corrected chi connectivity index (χ0v) is 10.3. The highest BCUT2D eigenvalue weighted by Crippen LogP contribution is 2.18. The number of fused-ring (bicyclic) bond motifs is 1. The number of benzene rings is 1. The predicted octanol–water partition coefficient (Wildman–Crippen LogP) is 3.30. The molecule has 16 heavy (non-hydrogen) atoms. The van der Waals surface area contributed by atoms with Crippen LogP contribution in [0.25, 0.3) is 10.9 Å². The Morgan fingerprint density at radius 1 is 1.25 bits per heavy atom. The van der Waals surface area contributed by atoms with Gasteiger partial charge in [-0.3, -0.25) is 0 Å². The number of alkyl halides is 1. The van der Waals surface area contributed by atoms with Gasteiger partial charge in [0.25, 0.3) is 0 Å². The van der Waals surface area contributed by atoms with Gasteiger partial charge < -0.3 is 4.90 Å². The molecule has 0 bridgehead atoms. The van der Waals surface area contributed by atoms with Crippen molar-refractivity contribution >= 4 is 28.3 Å².